The largest absolute Gasteiger partial charge is 0.756 e. The Morgan fingerprint density at radius 1 is 0.837 bits per heavy atom. The van der Waals surface area contributed by atoms with Crippen LogP contribution in [0.15, 0.2) is 36.4 Å². The van der Waals surface area contributed by atoms with E-state index in [0.29, 0.717) is 17.4 Å². The number of carbonyl (C=O) groups is 2. The first-order valence-electron chi connectivity index (χ1n) is 16.0. The lowest BCUT2D eigenvalue weighted by molar-refractivity contribution is -0.870. The van der Waals surface area contributed by atoms with Crippen LogP contribution in [0.25, 0.3) is 6.08 Å². The quantitative estimate of drug-likeness (QED) is 0.0362. The van der Waals surface area contributed by atoms with Crippen LogP contribution in [0.3, 0.4) is 0 Å². The fourth-order valence-corrected chi connectivity index (χ4v) is 4.97. The summed E-state index contributed by atoms with van der Waals surface area (Å²) < 4.78 is 33.3. The summed E-state index contributed by atoms with van der Waals surface area (Å²) in [5.74, 6) is -1.13. The molecule has 246 valence electrons. The van der Waals surface area contributed by atoms with Crippen LogP contribution >= 0.6 is 7.82 Å². The third-order valence-corrected chi connectivity index (χ3v) is 7.80. The van der Waals surface area contributed by atoms with E-state index in [1.165, 1.54) is 63.9 Å². The van der Waals surface area contributed by atoms with Crippen LogP contribution in [-0.4, -0.2) is 70.0 Å². The minimum atomic E-state index is -4.63. The van der Waals surface area contributed by atoms with Gasteiger partial charge in [0.1, 0.15) is 19.8 Å². The van der Waals surface area contributed by atoms with Gasteiger partial charge in [-0.2, -0.15) is 0 Å². The minimum Gasteiger partial charge on any atom is -0.756 e. The second-order valence-corrected chi connectivity index (χ2v) is 13.5. The Morgan fingerprint density at radius 2 is 1.40 bits per heavy atom. The molecule has 0 N–H and O–H groups in total. The molecule has 10 heteroatoms. The Labute approximate surface area is 260 Å². The predicted octanol–water partition coefficient (Wildman–Crippen LogP) is 6.84. The molecular formula is C33H56NO8P. The van der Waals surface area contributed by atoms with Gasteiger partial charge in [0.2, 0.25) is 0 Å². The third kappa shape index (κ3) is 24.0. The topological polar surface area (TPSA) is 111 Å². The first-order chi connectivity index (χ1) is 20.5. The Hall–Kier alpha value is -2.03. The number of phosphoric ester groups is 1. The van der Waals surface area contributed by atoms with Crippen molar-refractivity contribution < 1.29 is 42.1 Å². The molecule has 0 radical (unpaired) electrons. The van der Waals surface area contributed by atoms with Gasteiger partial charge in [-0.25, -0.2) is 4.79 Å². The van der Waals surface area contributed by atoms with E-state index >= 15 is 0 Å². The molecule has 0 saturated carbocycles. The molecule has 0 aliphatic rings. The van der Waals surface area contributed by atoms with Crippen LogP contribution in [0.4, 0.5) is 0 Å². The van der Waals surface area contributed by atoms with Gasteiger partial charge in [-0.15, -0.1) is 0 Å². The number of quaternary nitrogens is 1. The summed E-state index contributed by atoms with van der Waals surface area (Å²) in [6, 6.07) is 9.23. The van der Waals surface area contributed by atoms with E-state index in [1.54, 1.807) is 6.08 Å². The number of hydrogen-bond acceptors (Lipinski definition) is 8. The first kappa shape index (κ1) is 39.0. The normalized spacial score (nSPS) is 14.0. The van der Waals surface area contributed by atoms with Crippen molar-refractivity contribution in [2.24, 2.45) is 0 Å². The summed E-state index contributed by atoms with van der Waals surface area (Å²) in [6.45, 7) is 1.79. The summed E-state index contributed by atoms with van der Waals surface area (Å²) in [5.41, 5.74) is 0.821. The SMILES string of the molecule is CCCCCCCCCCCCCCCC(=O)O[C@H](COC(=O)C=Cc1ccccc1)COP(=O)([O-])OCC[N+](C)(C)C. The van der Waals surface area contributed by atoms with Crippen molar-refractivity contribution in [2.75, 3.05) is 47.5 Å². The lowest BCUT2D eigenvalue weighted by Crippen LogP contribution is -2.37. The Kier molecular flexibility index (Phi) is 21.2. The van der Waals surface area contributed by atoms with E-state index in [4.69, 9.17) is 18.5 Å². The molecule has 1 aromatic carbocycles. The van der Waals surface area contributed by atoms with Gasteiger partial charge in [0, 0.05) is 12.5 Å². The van der Waals surface area contributed by atoms with Gasteiger partial charge in [-0.05, 0) is 18.1 Å². The molecule has 43 heavy (non-hydrogen) atoms. The molecular weight excluding hydrogens is 569 g/mol. The van der Waals surface area contributed by atoms with Crippen molar-refractivity contribution in [3.8, 4) is 0 Å². The standard InChI is InChI=1S/C33H56NO8P/c1-5-6-7-8-9-10-11-12-13-14-15-16-20-23-33(36)42-31(29-41-43(37,38)40-27-26-34(2,3)4)28-39-32(35)25-24-30-21-18-17-19-22-30/h17-19,21-22,24-25,31H,5-16,20,23,26-29H2,1-4H3/t31-/m1/s1. The number of esters is 2. The van der Waals surface area contributed by atoms with Crippen molar-refractivity contribution in [2.45, 2.75) is 103 Å². The second kappa shape index (κ2) is 23.4. The minimum absolute atomic E-state index is 0.0486. The lowest BCUT2D eigenvalue weighted by atomic mass is 10.0. The smallest absolute Gasteiger partial charge is 0.330 e. The van der Waals surface area contributed by atoms with Crippen LogP contribution in [0.5, 0.6) is 0 Å². The van der Waals surface area contributed by atoms with Crippen LogP contribution < -0.4 is 4.89 Å². The molecule has 0 aliphatic carbocycles. The Bertz CT molecular complexity index is 948. The molecule has 1 unspecified atom stereocenters. The molecule has 2 atom stereocenters. The van der Waals surface area contributed by atoms with E-state index in [-0.39, 0.29) is 19.6 Å². The summed E-state index contributed by atoms with van der Waals surface area (Å²) in [7, 11) is 1.10. The van der Waals surface area contributed by atoms with Crippen LogP contribution in [0.2, 0.25) is 0 Å². The van der Waals surface area contributed by atoms with E-state index in [0.717, 1.165) is 24.8 Å². The fourth-order valence-electron chi connectivity index (χ4n) is 4.24. The van der Waals surface area contributed by atoms with Gasteiger partial charge in [-0.3, -0.25) is 9.36 Å². The number of carbonyl (C=O) groups excluding carboxylic acids is 2. The highest BCUT2D eigenvalue weighted by molar-refractivity contribution is 7.45. The van der Waals surface area contributed by atoms with Gasteiger partial charge in [-0.1, -0.05) is 114 Å². The van der Waals surface area contributed by atoms with E-state index < -0.39 is 32.5 Å². The number of ether oxygens (including phenoxy) is 2. The van der Waals surface area contributed by atoms with Gasteiger partial charge in [0.05, 0.1) is 27.7 Å². The molecule has 1 rings (SSSR count). The molecule has 0 amide bonds. The van der Waals surface area contributed by atoms with Gasteiger partial charge in [0.15, 0.2) is 6.10 Å². The maximum absolute atomic E-state index is 12.5. The average molecular weight is 626 g/mol. The second-order valence-electron chi connectivity index (χ2n) is 12.1. The summed E-state index contributed by atoms with van der Waals surface area (Å²) in [6.07, 6.45) is 17.6. The van der Waals surface area contributed by atoms with Gasteiger partial charge in [0.25, 0.3) is 7.82 Å². The molecule has 0 aliphatic heterocycles. The summed E-state index contributed by atoms with van der Waals surface area (Å²) in [4.78, 5) is 37.0. The monoisotopic (exact) mass is 625 g/mol. The highest BCUT2D eigenvalue weighted by Crippen LogP contribution is 2.38. The Morgan fingerprint density at radius 3 is 1.95 bits per heavy atom. The number of hydrogen-bond donors (Lipinski definition) is 0. The lowest BCUT2D eigenvalue weighted by Gasteiger charge is -2.28. The maximum atomic E-state index is 12.5. The van der Waals surface area contributed by atoms with Crippen LogP contribution in [0, 0.1) is 0 Å². The zero-order valence-corrected chi connectivity index (χ0v) is 27.9. The number of unbranched alkanes of at least 4 members (excludes halogenated alkanes) is 12. The number of nitrogens with zero attached hydrogens (tertiary/aromatic N) is 1. The number of benzene rings is 1. The highest BCUT2D eigenvalue weighted by Gasteiger charge is 2.21. The summed E-state index contributed by atoms with van der Waals surface area (Å²) in [5, 5.41) is 0. The zero-order chi connectivity index (χ0) is 31.8. The molecule has 0 bridgehead atoms. The number of rotatable bonds is 26. The predicted molar refractivity (Wildman–Crippen MR) is 169 cm³/mol. The molecule has 0 aromatic heterocycles. The van der Waals surface area contributed by atoms with Crippen molar-refractivity contribution in [3.63, 3.8) is 0 Å². The molecule has 0 saturated heterocycles. The first-order valence-corrected chi connectivity index (χ1v) is 17.5. The van der Waals surface area contributed by atoms with Gasteiger partial charge >= 0.3 is 11.9 Å². The summed E-state index contributed by atoms with van der Waals surface area (Å²) >= 11 is 0. The fraction of sp³-hybridized carbons (Fsp3) is 0.697. The average Bonchev–Trinajstić information content (AvgIpc) is 2.95. The van der Waals surface area contributed by atoms with Crippen molar-refractivity contribution >= 4 is 25.8 Å². The number of phosphoric acid groups is 1. The van der Waals surface area contributed by atoms with Gasteiger partial charge < -0.3 is 27.9 Å². The maximum Gasteiger partial charge on any atom is 0.330 e. The van der Waals surface area contributed by atoms with E-state index in [9.17, 15) is 19.0 Å². The molecule has 0 spiro atoms. The molecule has 1 aromatic rings. The van der Waals surface area contributed by atoms with E-state index in [1.807, 2.05) is 51.5 Å². The van der Waals surface area contributed by atoms with Crippen molar-refractivity contribution in [3.05, 3.63) is 42.0 Å². The van der Waals surface area contributed by atoms with E-state index in [2.05, 4.69) is 6.92 Å². The van der Waals surface area contributed by atoms with Crippen LogP contribution in [0.1, 0.15) is 102 Å². The third-order valence-electron chi connectivity index (χ3n) is 6.84. The van der Waals surface area contributed by atoms with Crippen molar-refractivity contribution in [1.29, 1.82) is 0 Å². The Balaban J connectivity index is 2.42. The highest BCUT2D eigenvalue weighted by atomic mass is 31.2. The molecule has 0 heterocycles. The molecule has 9 nitrogen and oxygen atoms in total. The van der Waals surface area contributed by atoms with Crippen molar-refractivity contribution in [1.82, 2.24) is 0 Å². The zero-order valence-electron chi connectivity index (χ0n) is 27.0. The molecule has 0 fully saturated rings. The number of likely N-dealkylation sites (N-methyl/N-ethyl adjacent to an activating group) is 1. The van der Waals surface area contributed by atoms with Crippen LogP contribution in [-0.2, 0) is 32.7 Å².